The highest BCUT2D eigenvalue weighted by molar-refractivity contribution is 5.93. The minimum atomic E-state index is -0.191. The van der Waals surface area contributed by atoms with Gasteiger partial charge in [0.2, 0.25) is 0 Å². The molecule has 0 radical (unpaired) electrons. The van der Waals surface area contributed by atoms with Gasteiger partial charge in [-0.25, -0.2) is 9.97 Å². The summed E-state index contributed by atoms with van der Waals surface area (Å²) in [5.74, 6) is 0.982. The first-order valence-electron chi connectivity index (χ1n) is 9.38. The molecule has 7 nitrogen and oxygen atoms in total. The Kier molecular flexibility index (Phi) is 5.91. The average molecular weight is 368 g/mol. The van der Waals surface area contributed by atoms with Crippen molar-refractivity contribution < 1.29 is 4.79 Å². The fraction of sp³-hybridized carbons (Fsp3) is 0.450. The number of hydrogen-bond donors (Lipinski definition) is 2. The van der Waals surface area contributed by atoms with Crippen LogP contribution >= 0.6 is 0 Å². The predicted molar refractivity (Wildman–Crippen MR) is 109 cm³/mol. The summed E-state index contributed by atoms with van der Waals surface area (Å²) < 4.78 is 0. The zero-order valence-electron chi connectivity index (χ0n) is 16.5. The Morgan fingerprint density at radius 2 is 1.74 bits per heavy atom. The van der Waals surface area contributed by atoms with E-state index in [9.17, 15) is 4.79 Å². The molecule has 7 heteroatoms. The molecule has 1 amide bonds. The first-order valence-corrected chi connectivity index (χ1v) is 9.38. The molecule has 1 aliphatic heterocycles. The van der Waals surface area contributed by atoms with Crippen LogP contribution in [0.2, 0.25) is 0 Å². The van der Waals surface area contributed by atoms with Crippen LogP contribution in [0, 0.1) is 6.92 Å². The maximum atomic E-state index is 12.2. The lowest BCUT2D eigenvalue weighted by atomic mass is 10.2. The molecule has 1 saturated heterocycles. The smallest absolute Gasteiger partial charge is 0.270 e. The topological polar surface area (TPSA) is 73.4 Å². The Labute approximate surface area is 160 Å². The number of rotatable bonds is 5. The highest BCUT2D eigenvalue weighted by atomic mass is 16.1. The van der Waals surface area contributed by atoms with E-state index < -0.39 is 0 Å². The van der Waals surface area contributed by atoms with Gasteiger partial charge in [-0.1, -0.05) is 0 Å². The van der Waals surface area contributed by atoms with Gasteiger partial charge < -0.3 is 20.4 Å². The van der Waals surface area contributed by atoms with Gasteiger partial charge in [0.1, 0.15) is 17.3 Å². The molecule has 1 aromatic carbocycles. The Hall–Kier alpha value is -2.67. The molecule has 0 saturated carbocycles. The minimum Gasteiger partial charge on any atom is -0.369 e. The van der Waals surface area contributed by atoms with E-state index in [0.717, 1.165) is 31.9 Å². The number of aryl methyl sites for hydroxylation is 1. The minimum absolute atomic E-state index is 0.0614. The summed E-state index contributed by atoms with van der Waals surface area (Å²) in [4.78, 5) is 25.6. The molecule has 0 aliphatic carbocycles. The van der Waals surface area contributed by atoms with Crippen LogP contribution < -0.4 is 15.5 Å². The number of benzene rings is 1. The summed E-state index contributed by atoms with van der Waals surface area (Å²) in [6, 6.07) is 10.1. The monoisotopic (exact) mass is 368 g/mol. The molecule has 27 heavy (non-hydrogen) atoms. The summed E-state index contributed by atoms with van der Waals surface area (Å²) in [7, 11) is 2.16. The van der Waals surface area contributed by atoms with E-state index in [-0.39, 0.29) is 11.9 Å². The molecule has 1 fully saturated rings. The van der Waals surface area contributed by atoms with Crippen LogP contribution in [0.15, 0.2) is 30.3 Å². The summed E-state index contributed by atoms with van der Waals surface area (Å²) in [6.07, 6.45) is 0. The molecule has 2 N–H and O–H groups in total. The molecule has 2 aromatic rings. The normalized spacial score (nSPS) is 15.1. The molecule has 0 bridgehead atoms. The average Bonchev–Trinajstić information content (AvgIpc) is 2.62. The first kappa shape index (κ1) is 19.1. The number of hydrogen-bond acceptors (Lipinski definition) is 6. The second kappa shape index (κ2) is 8.35. The van der Waals surface area contributed by atoms with Crippen LogP contribution in [0.3, 0.4) is 0 Å². The Bertz CT molecular complexity index is 782. The first-order chi connectivity index (χ1) is 12.9. The Morgan fingerprint density at radius 3 is 2.37 bits per heavy atom. The van der Waals surface area contributed by atoms with Gasteiger partial charge in [-0.05, 0) is 52.1 Å². The van der Waals surface area contributed by atoms with E-state index in [0.29, 0.717) is 17.3 Å². The third-order valence-corrected chi connectivity index (χ3v) is 4.50. The van der Waals surface area contributed by atoms with Crippen molar-refractivity contribution in [1.29, 1.82) is 0 Å². The van der Waals surface area contributed by atoms with Crippen molar-refractivity contribution in [1.82, 2.24) is 20.2 Å². The standard InChI is InChI=1S/C20H28N6O/c1-14(2)21-20(27)18-13-19(23-15(3)22-18)24-16-5-7-17(8-6-16)26-11-9-25(4)10-12-26/h5-8,13-14H,9-12H2,1-4H3,(H,21,27)(H,22,23,24). The second-order valence-corrected chi connectivity index (χ2v) is 7.28. The summed E-state index contributed by atoms with van der Waals surface area (Å²) in [5.41, 5.74) is 2.53. The maximum absolute atomic E-state index is 12.2. The van der Waals surface area contributed by atoms with Crippen molar-refractivity contribution in [3.05, 3.63) is 41.9 Å². The lowest BCUT2D eigenvalue weighted by Crippen LogP contribution is -2.44. The number of amides is 1. The van der Waals surface area contributed by atoms with Gasteiger partial charge in [0, 0.05) is 49.7 Å². The third-order valence-electron chi connectivity index (χ3n) is 4.50. The van der Waals surface area contributed by atoms with E-state index in [1.54, 1.807) is 13.0 Å². The van der Waals surface area contributed by atoms with Gasteiger partial charge in [0.25, 0.3) is 5.91 Å². The number of aromatic nitrogens is 2. The predicted octanol–water partition coefficient (Wildman–Crippen LogP) is 2.42. The SMILES string of the molecule is Cc1nc(Nc2ccc(N3CCN(C)CC3)cc2)cc(C(=O)NC(C)C)n1. The molecule has 0 spiro atoms. The fourth-order valence-electron chi connectivity index (χ4n) is 3.05. The molecule has 0 unspecified atom stereocenters. The molecular weight excluding hydrogens is 340 g/mol. The number of anilines is 3. The zero-order chi connectivity index (χ0) is 19.4. The number of likely N-dealkylation sites (N-methyl/N-ethyl adjacent to an activating group) is 1. The van der Waals surface area contributed by atoms with Gasteiger partial charge in [-0.15, -0.1) is 0 Å². The van der Waals surface area contributed by atoms with Gasteiger partial charge in [-0.2, -0.15) is 0 Å². The highest BCUT2D eigenvalue weighted by Gasteiger charge is 2.14. The van der Waals surface area contributed by atoms with E-state index in [1.807, 2.05) is 26.0 Å². The van der Waals surface area contributed by atoms with Crippen LogP contribution in [0.5, 0.6) is 0 Å². The Morgan fingerprint density at radius 1 is 1.07 bits per heavy atom. The van der Waals surface area contributed by atoms with Crippen molar-refractivity contribution in [2.24, 2.45) is 0 Å². The lowest BCUT2D eigenvalue weighted by molar-refractivity contribution is 0.0937. The zero-order valence-corrected chi connectivity index (χ0v) is 16.5. The summed E-state index contributed by atoms with van der Waals surface area (Å²) >= 11 is 0. The van der Waals surface area contributed by atoms with Crippen molar-refractivity contribution >= 4 is 23.1 Å². The highest BCUT2D eigenvalue weighted by Crippen LogP contribution is 2.21. The van der Waals surface area contributed by atoms with Gasteiger partial charge in [0.15, 0.2) is 0 Å². The van der Waals surface area contributed by atoms with Crippen LogP contribution in [0.25, 0.3) is 0 Å². The number of carbonyl (C=O) groups excluding carboxylic acids is 1. The van der Waals surface area contributed by atoms with Crippen molar-refractivity contribution in [2.75, 3.05) is 43.4 Å². The van der Waals surface area contributed by atoms with Crippen LogP contribution in [-0.4, -0.2) is 60.0 Å². The van der Waals surface area contributed by atoms with E-state index in [2.05, 4.69) is 49.6 Å². The Balaban J connectivity index is 1.70. The van der Waals surface area contributed by atoms with E-state index >= 15 is 0 Å². The number of nitrogens with one attached hydrogen (secondary N) is 2. The number of piperazine rings is 1. The van der Waals surface area contributed by atoms with E-state index in [4.69, 9.17) is 0 Å². The number of nitrogens with zero attached hydrogens (tertiary/aromatic N) is 4. The van der Waals surface area contributed by atoms with Crippen molar-refractivity contribution in [2.45, 2.75) is 26.8 Å². The number of carbonyl (C=O) groups is 1. The molecular formula is C20H28N6O. The summed E-state index contributed by atoms with van der Waals surface area (Å²) in [5, 5.41) is 6.13. The van der Waals surface area contributed by atoms with Gasteiger partial charge >= 0.3 is 0 Å². The van der Waals surface area contributed by atoms with Gasteiger partial charge in [-0.3, -0.25) is 4.79 Å². The van der Waals surface area contributed by atoms with Crippen LogP contribution in [-0.2, 0) is 0 Å². The van der Waals surface area contributed by atoms with Crippen LogP contribution in [0.1, 0.15) is 30.2 Å². The largest absolute Gasteiger partial charge is 0.369 e. The van der Waals surface area contributed by atoms with E-state index in [1.165, 1.54) is 5.69 Å². The third kappa shape index (κ3) is 5.17. The van der Waals surface area contributed by atoms with Crippen molar-refractivity contribution in [3.63, 3.8) is 0 Å². The molecule has 1 aromatic heterocycles. The molecule has 2 heterocycles. The fourth-order valence-corrected chi connectivity index (χ4v) is 3.05. The van der Waals surface area contributed by atoms with Crippen LogP contribution in [0.4, 0.5) is 17.2 Å². The maximum Gasteiger partial charge on any atom is 0.270 e. The molecule has 3 rings (SSSR count). The summed E-state index contributed by atoms with van der Waals surface area (Å²) in [6.45, 7) is 9.89. The molecule has 1 aliphatic rings. The lowest BCUT2D eigenvalue weighted by Gasteiger charge is -2.34. The van der Waals surface area contributed by atoms with Crippen molar-refractivity contribution in [3.8, 4) is 0 Å². The second-order valence-electron chi connectivity index (χ2n) is 7.28. The molecule has 0 atom stereocenters. The molecule has 144 valence electrons. The quantitative estimate of drug-likeness (QED) is 0.844. The van der Waals surface area contributed by atoms with Gasteiger partial charge in [0.05, 0.1) is 0 Å².